The van der Waals surface area contributed by atoms with Gasteiger partial charge in [0.25, 0.3) is 0 Å². The zero-order valence-electron chi connectivity index (χ0n) is 15.3. The molecule has 0 saturated carbocycles. The van der Waals surface area contributed by atoms with Gasteiger partial charge in [-0.1, -0.05) is 29.5 Å². The molecule has 1 unspecified atom stereocenters. The second-order valence-electron chi connectivity index (χ2n) is 6.80. The van der Waals surface area contributed by atoms with Gasteiger partial charge in [0.1, 0.15) is 10.8 Å². The molecule has 0 spiro atoms. The molecule has 4 rings (SSSR count). The zero-order chi connectivity index (χ0) is 19.0. The second-order valence-corrected chi connectivity index (χ2v) is 7.84. The first-order valence-electron chi connectivity index (χ1n) is 8.93. The number of nitrogens with zero attached hydrogens (tertiary/aromatic N) is 6. The van der Waals surface area contributed by atoms with Crippen molar-refractivity contribution in [1.82, 2.24) is 29.6 Å². The van der Waals surface area contributed by atoms with Gasteiger partial charge in [0.15, 0.2) is 5.82 Å². The summed E-state index contributed by atoms with van der Waals surface area (Å²) in [6.45, 7) is 3.73. The highest BCUT2D eigenvalue weighted by Gasteiger charge is 2.29. The van der Waals surface area contributed by atoms with Crippen LogP contribution in [-0.4, -0.2) is 62.2 Å². The molecule has 0 bridgehead atoms. The van der Waals surface area contributed by atoms with E-state index < -0.39 is 0 Å². The highest BCUT2D eigenvalue weighted by Crippen LogP contribution is 2.26. The lowest BCUT2D eigenvalue weighted by Crippen LogP contribution is -2.49. The van der Waals surface area contributed by atoms with Gasteiger partial charge in [-0.25, -0.2) is 4.39 Å². The summed E-state index contributed by atoms with van der Waals surface area (Å²) in [5.74, 6) is 0.594. The van der Waals surface area contributed by atoms with Crippen LogP contribution < -0.4 is 0 Å². The minimum atomic E-state index is -0.223. The molecule has 1 aromatic carbocycles. The number of carbonyl (C=O) groups is 1. The Hall–Kier alpha value is -2.39. The average Bonchev–Trinajstić information content (AvgIpc) is 3.22. The summed E-state index contributed by atoms with van der Waals surface area (Å²) in [5.41, 5.74) is 0.640. The van der Waals surface area contributed by atoms with Gasteiger partial charge in [0.05, 0.1) is 6.04 Å². The molecule has 7 nitrogen and oxygen atoms in total. The van der Waals surface area contributed by atoms with Gasteiger partial charge in [-0.15, -0.1) is 10.2 Å². The number of carbonyl (C=O) groups excluding carboxylic acids is 1. The topological polar surface area (TPSA) is 66.6 Å². The molecular weight excluding hydrogens is 367 g/mol. The number of amides is 1. The fraction of sp³-hybridized carbons (Fsp3) is 0.444. The summed E-state index contributed by atoms with van der Waals surface area (Å²) in [6, 6.07) is 6.67. The van der Waals surface area contributed by atoms with E-state index in [2.05, 4.69) is 20.2 Å². The van der Waals surface area contributed by atoms with E-state index >= 15 is 0 Å². The van der Waals surface area contributed by atoms with Crippen LogP contribution in [-0.2, 0) is 11.2 Å². The van der Waals surface area contributed by atoms with Crippen LogP contribution in [0.2, 0.25) is 0 Å². The Morgan fingerprint density at radius 2 is 2.11 bits per heavy atom. The van der Waals surface area contributed by atoms with E-state index in [1.807, 2.05) is 24.9 Å². The maximum atomic E-state index is 14.2. The Bertz CT molecular complexity index is 970. The third-order valence-corrected chi connectivity index (χ3v) is 5.96. The fourth-order valence-corrected chi connectivity index (χ4v) is 4.29. The predicted octanol–water partition coefficient (Wildman–Crippen LogP) is 2.08. The van der Waals surface area contributed by atoms with Crippen molar-refractivity contribution in [2.45, 2.75) is 25.8 Å². The van der Waals surface area contributed by atoms with E-state index in [0.717, 1.165) is 22.3 Å². The normalized spacial score (nSPS) is 18.3. The first kappa shape index (κ1) is 18.0. The number of fused-ring (bicyclic) bond motifs is 1. The van der Waals surface area contributed by atoms with E-state index in [9.17, 15) is 9.18 Å². The smallest absolute Gasteiger partial charge is 0.234 e. The van der Waals surface area contributed by atoms with E-state index in [0.29, 0.717) is 31.5 Å². The quantitative estimate of drug-likeness (QED) is 0.685. The van der Waals surface area contributed by atoms with Crippen molar-refractivity contribution in [1.29, 1.82) is 0 Å². The molecular formula is C18H21FN6OS. The van der Waals surface area contributed by atoms with Crippen molar-refractivity contribution in [3.63, 3.8) is 0 Å². The Morgan fingerprint density at radius 3 is 2.89 bits per heavy atom. The summed E-state index contributed by atoms with van der Waals surface area (Å²) in [4.78, 5) is 17.4. The Labute approximate surface area is 160 Å². The monoisotopic (exact) mass is 388 g/mol. The first-order chi connectivity index (χ1) is 13.0. The molecule has 2 aromatic heterocycles. The van der Waals surface area contributed by atoms with Crippen LogP contribution in [0.15, 0.2) is 24.3 Å². The molecule has 1 amide bonds. The van der Waals surface area contributed by atoms with Crippen LogP contribution in [0.4, 0.5) is 4.39 Å². The van der Waals surface area contributed by atoms with Crippen molar-refractivity contribution in [2.24, 2.45) is 0 Å². The van der Waals surface area contributed by atoms with E-state index in [-0.39, 0.29) is 17.8 Å². The molecule has 142 valence electrons. The predicted molar refractivity (Wildman–Crippen MR) is 100 cm³/mol. The minimum Gasteiger partial charge on any atom is -0.339 e. The van der Waals surface area contributed by atoms with Gasteiger partial charge in [-0.2, -0.15) is 9.61 Å². The van der Waals surface area contributed by atoms with Crippen LogP contribution in [0.1, 0.15) is 28.9 Å². The van der Waals surface area contributed by atoms with Crippen molar-refractivity contribution in [3.8, 4) is 0 Å². The maximum absolute atomic E-state index is 14.2. The van der Waals surface area contributed by atoms with Crippen LogP contribution in [0.3, 0.4) is 0 Å². The lowest BCUT2D eigenvalue weighted by molar-refractivity contribution is -0.134. The molecule has 3 heterocycles. The van der Waals surface area contributed by atoms with E-state index in [4.69, 9.17) is 0 Å². The Kier molecular flexibility index (Phi) is 4.88. The third-order valence-electron chi connectivity index (χ3n) is 5.01. The number of hydrogen-bond acceptors (Lipinski definition) is 6. The third kappa shape index (κ3) is 3.57. The van der Waals surface area contributed by atoms with Gasteiger partial charge in [-0.3, -0.25) is 9.69 Å². The number of benzene rings is 1. The van der Waals surface area contributed by atoms with Crippen molar-refractivity contribution in [3.05, 3.63) is 46.5 Å². The molecule has 1 aliphatic rings. The lowest BCUT2D eigenvalue weighted by Gasteiger charge is -2.39. The standard InChI is InChI=1S/C18H21FN6OS/c1-12-20-21-18-25(12)22-16(27-18)7-8-17(26)24-10-9-23(2)15(11-24)13-5-3-4-6-14(13)19/h3-6,15H,7-11H2,1-2H3. The SMILES string of the molecule is Cc1nnc2sc(CCC(=O)N3CCN(C)C(c4ccccc4F)C3)nn12. The van der Waals surface area contributed by atoms with Crippen LogP contribution in [0.25, 0.3) is 4.96 Å². The van der Waals surface area contributed by atoms with Crippen molar-refractivity contribution >= 4 is 22.2 Å². The summed E-state index contributed by atoms with van der Waals surface area (Å²) < 4.78 is 15.9. The van der Waals surface area contributed by atoms with Gasteiger partial charge < -0.3 is 4.90 Å². The molecule has 9 heteroatoms. The number of rotatable bonds is 4. The Balaban J connectivity index is 1.41. The molecule has 0 aliphatic carbocycles. The van der Waals surface area contributed by atoms with Crippen molar-refractivity contribution < 1.29 is 9.18 Å². The summed E-state index contributed by atoms with van der Waals surface area (Å²) in [7, 11) is 1.97. The van der Waals surface area contributed by atoms with Crippen LogP contribution >= 0.6 is 11.3 Å². The first-order valence-corrected chi connectivity index (χ1v) is 9.74. The van der Waals surface area contributed by atoms with Gasteiger partial charge in [0.2, 0.25) is 10.9 Å². The van der Waals surface area contributed by atoms with E-state index in [1.54, 1.807) is 16.6 Å². The molecule has 0 N–H and O–H groups in total. The molecule has 0 radical (unpaired) electrons. The number of aromatic nitrogens is 4. The Morgan fingerprint density at radius 1 is 1.30 bits per heavy atom. The molecule has 1 atom stereocenters. The van der Waals surface area contributed by atoms with Gasteiger partial charge >= 0.3 is 0 Å². The summed E-state index contributed by atoms with van der Waals surface area (Å²) >= 11 is 1.46. The fourth-order valence-electron chi connectivity index (χ4n) is 3.41. The molecule has 3 aromatic rings. The summed E-state index contributed by atoms with van der Waals surface area (Å²) in [6.07, 6.45) is 0.958. The van der Waals surface area contributed by atoms with Gasteiger partial charge in [0, 0.05) is 38.0 Å². The number of piperazine rings is 1. The zero-order valence-corrected chi connectivity index (χ0v) is 16.1. The van der Waals surface area contributed by atoms with Crippen molar-refractivity contribution in [2.75, 3.05) is 26.7 Å². The minimum absolute atomic E-state index is 0.0760. The highest BCUT2D eigenvalue weighted by atomic mass is 32.1. The number of likely N-dealkylation sites (N-methyl/N-ethyl adjacent to an activating group) is 1. The second kappa shape index (κ2) is 7.32. The molecule has 1 saturated heterocycles. The van der Waals surface area contributed by atoms with Crippen LogP contribution in [0, 0.1) is 12.7 Å². The lowest BCUT2D eigenvalue weighted by atomic mass is 10.0. The largest absolute Gasteiger partial charge is 0.339 e. The average molecular weight is 388 g/mol. The summed E-state index contributed by atoms with van der Waals surface area (Å²) in [5, 5.41) is 13.3. The molecule has 27 heavy (non-hydrogen) atoms. The van der Waals surface area contributed by atoms with E-state index in [1.165, 1.54) is 17.4 Å². The van der Waals surface area contributed by atoms with Gasteiger partial charge in [-0.05, 0) is 20.0 Å². The van der Waals surface area contributed by atoms with Crippen LogP contribution in [0.5, 0.6) is 0 Å². The highest BCUT2D eigenvalue weighted by molar-refractivity contribution is 7.16. The number of halogens is 1. The number of aryl methyl sites for hydroxylation is 2. The maximum Gasteiger partial charge on any atom is 0.234 e. The molecule has 1 aliphatic heterocycles. The molecule has 1 fully saturated rings. The number of hydrogen-bond donors (Lipinski definition) is 0.